The van der Waals surface area contributed by atoms with Gasteiger partial charge < -0.3 is 9.47 Å². The van der Waals surface area contributed by atoms with Gasteiger partial charge in [-0.05, 0) is 55.4 Å². The lowest BCUT2D eigenvalue weighted by Gasteiger charge is -2.19. The van der Waals surface area contributed by atoms with E-state index in [0.29, 0.717) is 6.42 Å². The monoisotopic (exact) mass is 430 g/mol. The Morgan fingerprint density at radius 3 is 2.44 bits per heavy atom. The predicted octanol–water partition coefficient (Wildman–Crippen LogP) is 5.69. The van der Waals surface area contributed by atoms with Gasteiger partial charge in [-0.3, -0.25) is 9.48 Å². The molecule has 5 rings (SSSR count). The second-order valence-electron chi connectivity index (χ2n) is 8.19. The third-order valence-corrected chi connectivity index (χ3v) is 6.58. The molecule has 2 aromatic heterocycles. The minimum atomic E-state index is 0.275. The molecule has 0 aliphatic heterocycles. The Labute approximate surface area is 190 Å². The highest BCUT2D eigenvalue weighted by atomic mass is 16.1. The van der Waals surface area contributed by atoms with Crippen LogP contribution in [-0.2, 0) is 20.0 Å². The molecular weight excluding hydrogens is 396 g/mol. The molecule has 0 saturated carbocycles. The Morgan fingerprint density at radius 1 is 1.00 bits per heavy atom. The van der Waals surface area contributed by atoms with Gasteiger partial charge in [0.2, 0.25) is 0 Å². The van der Waals surface area contributed by atoms with Crippen molar-refractivity contribution in [3.63, 3.8) is 0 Å². The number of fused-ring (bicyclic) bond motifs is 5. The molecule has 0 bridgehead atoms. The summed E-state index contributed by atoms with van der Waals surface area (Å²) in [5.74, 6) is 0.275. The van der Waals surface area contributed by atoms with E-state index in [1.54, 1.807) is 0 Å². The average molecular weight is 431 g/mol. The van der Waals surface area contributed by atoms with Crippen LogP contribution in [0.25, 0.3) is 33.1 Å². The number of hydrogen-bond acceptors (Lipinski definition) is 3. The number of benzene rings is 2. The maximum atomic E-state index is 12.4. The quantitative estimate of drug-likeness (QED) is 0.394. The Bertz CT molecular complexity index is 1260. The number of Topliss-reactive ketones (excluding diaryl/α,β-unsaturated/α-hetero) is 1. The molecule has 168 valence electrons. The van der Waals surface area contributed by atoms with Crippen molar-refractivity contribution >= 4 is 27.6 Å². The highest BCUT2D eigenvalue weighted by Crippen LogP contribution is 2.38. The summed E-state index contributed by atoms with van der Waals surface area (Å²) in [5.41, 5.74) is 6.71. The molecule has 0 atom stereocenters. The van der Waals surface area contributed by atoms with E-state index in [1.807, 2.05) is 37.8 Å². The van der Waals surface area contributed by atoms with Gasteiger partial charge in [-0.25, -0.2) is 0 Å². The summed E-state index contributed by atoms with van der Waals surface area (Å²) in [5, 5.41) is 7.08. The zero-order valence-corrected chi connectivity index (χ0v) is 20.0. The lowest BCUT2D eigenvalue weighted by Crippen LogP contribution is -2.26. The van der Waals surface area contributed by atoms with Crippen molar-refractivity contribution in [2.45, 2.75) is 47.1 Å². The molecule has 0 N–H and O–H groups in total. The standard InChI is InChI=1S/C25H28N4O.C2H6/c1-4-28(5-2)14-15-29-22-9-6-17(21-12-13-27(3)26-21)16-20(22)25-19-8-11-24(30)18(19)7-10-23(25)29;1-2/h6-7,9-10,12-13,16H,4-5,8,11,14-15H2,1-3H3;1-2H3. The summed E-state index contributed by atoms with van der Waals surface area (Å²) in [6.45, 7) is 12.5. The zero-order chi connectivity index (χ0) is 22.8. The van der Waals surface area contributed by atoms with Crippen molar-refractivity contribution in [1.82, 2.24) is 19.2 Å². The molecule has 2 aromatic carbocycles. The first-order chi connectivity index (χ1) is 15.6. The van der Waals surface area contributed by atoms with Gasteiger partial charge in [0.15, 0.2) is 5.78 Å². The van der Waals surface area contributed by atoms with Crippen LogP contribution in [0.15, 0.2) is 42.6 Å². The lowest BCUT2D eigenvalue weighted by molar-refractivity contribution is 0.0994. The molecule has 1 aliphatic rings. The molecule has 0 radical (unpaired) electrons. The first kappa shape index (κ1) is 22.3. The van der Waals surface area contributed by atoms with Crippen molar-refractivity contribution in [3.05, 3.63) is 53.7 Å². The number of hydrogen-bond donors (Lipinski definition) is 0. The van der Waals surface area contributed by atoms with Gasteiger partial charge >= 0.3 is 0 Å². The second-order valence-corrected chi connectivity index (χ2v) is 8.19. The van der Waals surface area contributed by atoms with Crippen LogP contribution in [-0.4, -0.2) is 44.7 Å². The van der Waals surface area contributed by atoms with Crippen molar-refractivity contribution in [2.24, 2.45) is 7.05 Å². The van der Waals surface area contributed by atoms with Crippen molar-refractivity contribution in [2.75, 3.05) is 19.6 Å². The highest BCUT2D eigenvalue weighted by molar-refractivity contribution is 6.15. The SMILES string of the molecule is CC.CCN(CC)CCn1c2ccc(-c3ccn(C)n3)cc2c2c3c(ccc21)C(=O)CC3. The molecule has 5 nitrogen and oxygen atoms in total. The van der Waals surface area contributed by atoms with Crippen LogP contribution in [0, 0.1) is 0 Å². The number of carbonyl (C=O) groups excluding carboxylic acids is 1. The number of nitrogens with zero attached hydrogens (tertiary/aromatic N) is 4. The molecule has 32 heavy (non-hydrogen) atoms. The zero-order valence-electron chi connectivity index (χ0n) is 20.0. The number of carbonyl (C=O) groups is 1. The fourth-order valence-electron chi connectivity index (χ4n) is 4.91. The van der Waals surface area contributed by atoms with Crippen LogP contribution in [0.1, 0.15) is 50.0 Å². The van der Waals surface area contributed by atoms with E-state index in [0.717, 1.165) is 49.4 Å². The van der Waals surface area contributed by atoms with E-state index in [4.69, 9.17) is 0 Å². The Hall–Kier alpha value is -2.92. The second kappa shape index (κ2) is 9.29. The molecule has 0 unspecified atom stereocenters. The third kappa shape index (κ3) is 3.75. The molecule has 0 amide bonds. The van der Waals surface area contributed by atoms with E-state index in [9.17, 15) is 4.79 Å². The number of aryl methyl sites for hydroxylation is 2. The number of rotatable bonds is 6. The maximum absolute atomic E-state index is 12.4. The normalized spacial score (nSPS) is 13.1. The first-order valence-electron chi connectivity index (χ1n) is 11.9. The van der Waals surface area contributed by atoms with E-state index < -0.39 is 0 Å². The molecule has 0 spiro atoms. The number of aromatic nitrogens is 3. The Balaban J connectivity index is 0.00000119. The topological polar surface area (TPSA) is 43.1 Å². The number of ketones is 1. The summed E-state index contributed by atoms with van der Waals surface area (Å²) < 4.78 is 4.28. The lowest BCUT2D eigenvalue weighted by atomic mass is 10.0. The molecule has 0 saturated heterocycles. The van der Waals surface area contributed by atoms with Crippen molar-refractivity contribution < 1.29 is 4.79 Å². The van der Waals surface area contributed by atoms with Gasteiger partial charge in [0.05, 0.1) is 5.69 Å². The van der Waals surface area contributed by atoms with Gasteiger partial charge in [-0.1, -0.05) is 33.8 Å². The fourth-order valence-corrected chi connectivity index (χ4v) is 4.91. The minimum Gasteiger partial charge on any atom is -0.339 e. The van der Waals surface area contributed by atoms with Crippen LogP contribution in [0.3, 0.4) is 0 Å². The molecule has 5 heteroatoms. The van der Waals surface area contributed by atoms with Crippen LogP contribution in [0.5, 0.6) is 0 Å². The van der Waals surface area contributed by atoms with Crippen LogP contribution >= 0.6 is 0 Å². The summed E-state index contributed by atoms with van der Waals surface area (Å²) in [4.78, 5) is 14.9. The maximum Gasteiger partial charge on any atom is 0.163 e. The molecule has 2 heterocycles. The first-order valence-corrected chi connectivity index (χ1v) is 11.9. The van der Waals surface area contributed by atoms with Gasteiger partial charge in [-0.15, -0.1) is 0 Å². The summed E-state index contributed by atoms with van der Waals surface area (Å²) >= 11 is 0. The van der Waals surface area contributed by atoms with E-state index >= 15 is 0 Å². The van der Waals surface area contributed by atoms with Crippen LogP contribution < -0.4 is 0 Å². The van der Waals surface area contributed by atoms with Gasteiger partial charge in [0, 0.05) is 65.7 Å². The average Bonchev–Trinajstić information content (AvgIpc) is 3.51. The highest BCUT2D eigenvalue weighted by Gasteiger charge is 2.25. The van der Waals surface area contributed by atoms with Gasteiger partial charge in [0.1, 0.15) is 0 Å². The Kier molecular flexibility index (Phi) is 6.47. The molecular formula is C27H34N4O. The van der Waals surface area contributed by atoms with Crippen molar-refractivity contribution in [1.29, 1.82) is 0 Å². The fraction of sp³-hybridized carbons (Fsp3) is 0.407. The van der Waals surface area contributed by atoms with Crippen molar-refractivity contribution in [3.8, 4) is 11.3 Å². The largest absolute Gasteiger partial charge is 0.339 e. The molecule has 0 fully saturated rings. The third-order valence-electron chi connectivity index (χ3n) is 6.58. The molecule has 1 aliphatic carbocycles. The van der Waals surface area contributed by atoms with Crippen LogP contribution in [0.4, 0.5) is 0 Å². The van der Waals surface area contributed by atoms with E-state index in [2.05, 4.69) is 58.7 Å². The van der Waals surface area contributed by atoms with Crippen LogP contribution in [0.2, 0.25) is 0 Å². The minimum absolute atomic E-state index is 0.275. The van der Waals surface area contributed by atoms with E-state index in [1.165, 1.54) is 27.4 Å². The Morgan fingerprint density at radius 2 is 1.75 bits per heavy atom. The summed E-state index contributed by atoms with van der Waals surface area (Å²) in [6.07, 6.45) is 3.44. The van der Waals surface area contributed by atoms with Gasteiger partial charge in [0.25, 0.3) is 0 Å². The summed E-state index contributed by atoms with van der Waals surface area (Å²) in [7, 11) is 1.94. The predicted molar refractivity (Wildman–Crippen MR) is 133 cm³/mol. The summed E-state index contributed by atoms with van der Waals surface area (Å²) in [6, 6.07) is 12.9. The molecule has 4 aromatic rings. The number of likely N-dealkylation sites (N-methyl/N-ethyl adjacent to an activating group) is 1. The van der Waals surface area contributed by atoms with E-state index in [-0.39, 0.29) is 5.78 Å². The van der Waals surface area contributed by atoms with Gasteiger partial charge in [-0.2, -0.15) is 5.10 Å². The smallest absolute Gasteiger partial charge is 0.163 e.